The molecule has 0 bridgehead atoms. The minimum atomic E-state index is 0.506. The van der Waals surface area contributed by atoms with Gasteiger partial charge in [0.05, 0.1) is 11.4 Å². The van der Waals surface area contributed by atoms with E-state index in [2.05, 4.69) is 58.9 Å². The normalized spacial score (nSPS) is 19.5. The third-order valence-corrected chi connectivity index (χ3v) is 4.09. The Kier molecular flexibility index (Phi) is 3.64. The first kappa shape index (κ1) is 12.7. The molecule has 94 valence electrons. The van der Waals surface area contributed by atoms with Crippen LogP contribution in [0.15, 0.2) is 16.6 Å². The van der Waals surface area contributed by atoms with Gasteiger partial charge in [-0.25, -0.2) is 0 Å². The van der Waals surface area contributed by atoms with Gasteiger partial charge in [0.2, 0.25) is 0 Å². The van der Waals surface area contributed by atoms with Crippen LogP contribution in [0.4, 0.5) is 11.4 Å². The number of halogens is 1. The van der Waals surface area contributed by atoms with Crippen LogP contribution in [-0.2, 0) is 0 Å². The van der Waals surface area contributed by atoms with E-state index >= 15 is 0 Å². The molecule has 1 aromatic carbocycles. The maximum absolute atomic E-state index is 5.69. The Morgan fingerprint density at radius 3 is 2.76 bits per heavy atom. The molecule has 4 heteroatoms. The maximum Gasteiger partial charge on any atom is 0.0746 e. The van der Waals surface area contributed by atoms with Crippen molar-refractivity contribution in [2.24, 2.45) is 5.73 Å². The van der Waals surface area contributed by atoms with Crippen molar-refractivity contribution in [1.29, 1.82) is 0 Å². The van der Waals surface area contributed by atoms with Crippen LogP contribution < -0.4 is 15.5 Å². The second kappa shape index (κ2) is 4.86. The highest BCUT2D eigenvalue weighted by Crippen LogP contribution is 2.40. The molecular weight excluding hydrogens is 278 g/mol. The van der Waals surface area contributed by atoms with Gasteiger partial charge in [-0.2, -0.15) is 0 Å². The average Bonchev–Trinajstić information content (AvgIpc) is 2.24. The first-order chi connectivity index (χ1) is 8.04. The Labute approximate surface area is 112 Å². The van der Waals surface area contributed by atoms with Gasteiger partial charge in [0.25, 0.3) is 0 Å². The van der Waals surface area contributed by atoms with Gasteiger partial charge < -0.3 is 15.5 Å². The molecule has 0 fully saturated rings. The Bertz CT molecular complexity index is 419. The van der Waals surface area contributed by atoms with Gasteiger partial charge in [0.1, 0.15) is 0 Å². The first-order valence-corrected chi connectivity index (χ1v) is 6.78. The maximum atomic E-state index is 5.69. The molecule has 1 aliphatic heterocycles. The lowest BCUT2D eigenvalue weighted by molar-refractivity contribution is 0.566. The summed E-state index contributed by atoms with van der Waals surface area (Å²) in [6.07, 6.45) is 1.03. The number of rotatable bonds is 2. The van der Waals surface area contributed by atoms with Crippen LogP contribution in [-0.4, -0.2) is 33.2 Å². The standard InChI is InChI=1S/C13H20BrN3/c1-9-6-11(14)13-12(7-9)17(3)10(4-5-15)8-16(13)2/h6-7,10H,4-5,8,15H2,1-3H3. The molecule has 1 unspecified atom stereocenters. The summed E-state index contributed by atoms with van der Waals surface area (Å²) in [7, 11) is 4.31. The molecule has 0 aromatic heterocycles. The van der Waals surface area contributed by atoms with Crippen LogP contribution in [0.1, 0.15) is 12.0 Å². The Hall–Kier alpha value is -0.740. The summed E-state index contributed by atoms with van der Waals surface area (Å²) in [5, 5.41) is 0. The highest BCUT2D eigenvalue weighted by atomic mass is 79.9. The second-order valence-electron chi connectivity index (χ2n) is 4.84. The van der Waals surface area contributed by atoms with Crippen LogP contribution >= 0.6 is 15.9 Å². The minimum absolute atomic E-state index is 0.506. The molecule has 1 aliphatic rings. The highest BCUT2D eigenvalue weighted by molar-refractivity contribution is 9.10. The third kappa shape index (κ3) is 2.29. The van der Waals surface area contributed by atoms with E-state index in [0.717, 1.165) is 19.5 Å². The number of hydrogen-bond acceptors (Lipinski definition) is 3. The molecule has 0 saturated carbocycles. The number of anilines is 2. The van der Waals surface area contributed by atoms with Crippen molar-refractivity contribution < 1.29 is 0 Å². The van der Waals surface area contributed by atoms with Gasteiger partial charge in [-0.05, 0) is 53.5 Å². The molecule has 1 aromatic rings. The number of nitrogens with two attached hydrogens (primary N) is 1. The Morgan fingerprint density at radius 2 is 2.12 bits per heavy atom. The molecule has 1 heterocycles. The fourth-order valence-electron chi connectivity index (χ4n) is 2.57. The summed E-state index contributed by atoms with van der Waals surface area (Å²) in [6.45, 7) is 3.90. The third-order valence-electron chi connectivity index (χ3n) is 3.48. The van der Waals surface area contributed by atoms with Crippen molar-refractivity contribution in [3.8, 4) is 0 Å². The number of nitrogens with zero attached hydrogens (tertiary/aromatic N) is 2. The molecule has 0 amide bonds. The molecule has 17 heavy (non-hydrogen) atoms. The van der Waals surface area contributed by atoms with E-state index in [1.165, 1.54) is 21.4 Å². The number of hydrogen-bond donors (Lipinski definition) is 1. The smallest absolute Gasteiger partial charge is 0.0746 e. The lowest BCUT2D eigenvalue weighted by atomic mass is 10.0. The predicted molar refractivity (Wildman–Crippen MR) is 78.0 cm³/mol. The van der Waals surface area contributed by atoms with Gasteiger partial charge in [0, 0.05) is 31.2 Å². The van der Waals surface area contributed by atoms with Crippen molar-refractivity contribution in [1.82, 2.24) is 0 Å². The van der Waals surface area contributed by atoms with E-state index in [9.17, 15) is 0 Å². The van der Waals surface area contributed by atoms with Gasteiger partial charge in [-0.1, -0.05) is 0 Å². The largest absolute Gasteiger partial charge is 0.370 e. The van der Waals surface area contributed by atoms with E-state index in [1.54, 1.807) is 0 Å². The van der Waals surface area contributed by atoms with Crippen molar-refractivity contribution in [2.45, 2.75) is 19.4 Å². The van der Waals surface area contributed by atoms with Gasteiger partial charge in [0.15, 0.2) is 0 Å². The summed E-state index contributed by atoms with van der Waals surface area (Å²) >= 11 is 3.67. The fourth-order valence-corrected chi connectivity index (χ4v) is 3.43. The molecular formula is C13H20BrN3. The lowest BCUT2D eigenvalue weighted by Crippen LogP contribution is -2.47. The minimum Gasteiger partial charge on any atom is -0.370 e. The quantitative estimate of drug-likeness (QED) is 0.910. The molecule has 0 spiro atoms. The summed E-state index contributed by atoms with van der Waals surface area (Å²) in [4.78, 5) is 4.68. The number of fused-ring (bicyclic) bond motifs is 1. The zero-order valence-electron chi connectivity index (χ0n) is 10.7. The molecule has 2 N–H and O–H groups in total. The highest BCUT2D eigenvalue weighted by Gasteiger charge is 2.27. The molecule has 1 atom stereocenters. The van der Waals surface area contributed by atoms with E-state index < -0.39 is 0 Å². The van der Waals surface area contributed by atoms with Crippen LogP contribution in [0.2, 0.25) is 0 Å². The van der Waals surface area contributed by atoms with E-state index in [1.807, 2.05) is 0 Å². The molecule has 3 nitrogen and oxygen atoms in total. The molecule has 2 rings (SSSR count). The SMILES string of the molecule is Cc1cc(Br)c2c(c1)N(C)C(CCN)CN2C. The van der Waals surface area contributed by atoms with Crippen molar-refractivity contribution >= 4 is 27.3 Å². The number of likely N-dealkylation sites (N-methyl/N-ethyl adjacent to an activating group) is 2. The summed E-state index contributed by atoms with van der Waals surface area (Å²) < 4.78 is 1.17. The summed E-state index contributed by atoms with van der Waals surface area (Å²) in [5.74, 6) is 0. The zero-order chi connectivity index (χ0) is 12.6. The average molecular weight is 298 g/mol. The molecule has 0 radical (unpaired) electrons. The van der Waals surface area contributed by atoms with E-state index in [-0.39, 0.29) is 0 Å². The van der Waals surface area contributed by atoms with Crippen LogP contribution in [0.5, 0.6) is 0 Å². The fraction of sp³-hybridized carbons (Fsp3) is 0.538. The Balaban J connectivity index is 2.45. The van der Waals surface area contributed by atoms with Crippen LogP contribution in [0.3, 0.4) is 0 Å². The lowest BCUT2D eigenvalue weighted by Gasteiger charge is -2.42. The summed E-state index contributed by atoms with van der Waals surface area (Å²) in [5.41, 5.74) is 9.55. The predicted octanol–water partition coefficient (Wildman–Crippen LogP) is 2.36. The van der Waals surface area contributed by atoms with Gasteiger partial charge in [-0.15, -0.1) is 0 Å². The van der Waals surface area contributed by atoms with Crippen molar-refractivity contribution in [2.75, 3.05) is 37.0 Å². The number of benzene rings is 1. The molecule has 0 saturated heterocycles. The van der Waals surface area contributed by atoms with Gasteiger partial charge in [-0.3, -0.25) is 0 Å². The Morgan fingerprint density at radius 1 is 1.41 bits per heavy atom. The topological polar surface area (TPSA) is 32.5 Å². The second-order valence-corrected chi connectivity index (χ2v) is 5.69. The van der Waals surface area contributed by atoms with Gasteiger partial charge >= 0.3 is 0 Å². The zero-order valence-corrected chi connectivity index (χ0v) is 12.3. The van der Waals surface area contributed by atoms with E-state index in [0.29, 0.717) is 6.04 Å². The summed E-state index contributed by atoms with van der Waals surface area (Å²) in [6, 6.07) is 4.93. The number of aryl methyl sites for hydroxylation is 1. The molecule has 0 aliphatic carbocycles. The van der Waals surface area contributed by atoms with Crippen LogP contribution in [0.25, 0.3) is 0 Å². The van der Waals surface area contributed by atoms with Crippen LogP contribution in [0, 0.1) is 6.92 Å². The first-order valence-electron chi connectivity index (χ1n) is 5.98. The monoisotopic (exact) mass is 297 g/mol. The van der Waals surface area contributed by atoms with Crippen molar-refractivity contribution in [3.05, 3.63) is 22.2 Å². The van der Waals surface area contributed by atoms with E-state index in [4.69, 9.17) is 5.73 Å². The van der Waals surface area contributed by atoms with Crippen molar-refractivity contribution in [3.63, 3.8) is 0 Å².